The lowest BCUT2D eigenvalue weighted by Crippen LogP contribution is -2.27. The van der Waals surface area contributed by atoms with Crippen LogP contribution < -0.4 is 4.72 Å². The van der Waals surface area contributed by atoms with Gasteiger partial charge in [-0.15, -0.1) is 0 Å². The molecular formula is C14H23NO3S. The first-order valence-electron chi connectivity index (χ1n) is 6.76. The summed E-state index contributed by atoms with van der Waals surface area (Å²) in [5.74, 6) is 0. The lowest BCUT2D eigenvalue weighted by atomic mass is 10.1. The molecule has 0 aliphatic carbocycles. The van der Waals surface area contributed by atoms with E-state index < -0.39 is 16.1 Å². The van der Waals surface area contributed by atoms with E-state index in [0.29, 0.717) is 12.8 Å². The van der Waals surface area contributed by atoms with Gasteiger partial charge in [-0.05, 0) is 37.0 Å². The first-order chi connectivity index (χ1) is 8.99. The molecule has 1 rings (SSSR count). The van der Waals surface area contributed by atoms with Crippen molar-refractivity contribution in [2.24, 2.45) is 0 Å². The third-order valence-corrected chi connectivity index (χ3v) is 4.49. The molecule has 0 bridgehead atoms. The number of benzene rings is 1. The molecule has 0 saturated heterocycles. The van der Waals surface area contributed by atoms with Crippen LogP contribution in [0.5, 0.6) is 0 Å². The van der Waals surface area contributed by atoms with Crippen LogP contribution in [0, 0.1) is 0 Å². The van der Waals surface area contributed by atoms with Crippen LogP contribution in [0.1, 0.15) is 38.7 Å². The highest BCUT2D eigenvalue weighted by molar-refractivity contribution is 7.89. The molecule has 108 valence electrons. The van der Waals surface area contributed by atoms with Crippen molar-refractivity contribution in [3.8, 4) is 0 Å². The number of rotatable bonds is 8. The molecule has 0 aliphatic rings. The van der Waals surface area contributed by atoms with Crippen LogP contribution in [0.25, 0.3) is 0 Å². The molecule has 0 amide bonds. The zero-order valence-corrected chi connectivity index (χ0v) is 12.4. The molecule has 0 heterocycles. The van der Waals surface area contributed by atoms with Gasteiger partial charge in [0.25, 0.3) is 0 Å². The van der Waals surface area contributed by atoms with E-state index in [1.165, 1.54) is 0 Å². The maximum Gasteiger partial charge on any atom is 0.240 e. The Morgan fingerprint density at radius 3 is 2.37 bits per heavy atom. The van der Waals surface area contributed by atoms with Crippen molar-refractivity contribution >= 4 is 10.0 Å². The third-order valence-electron chi connectivity index (χ3n) is 3.01. The van der Waals surface area contributed by atoms with Gasteiger partial charge in [0.15, 0.2) is 0 Å². The number of aliphatic hydroxyl groups excluding tert-OH is 1. The Labute approximate surface area is 115 Å². The molecule has 0 aromatic heterocycles. The van der Waals surface area contributed by atoms with E-state index >= 15 is 0 Å². The molecule has 1 aromatic rings. The first-order valence-corrected chi connectivity index (χ1v) is 8.24. The fraction of sp³-hybridized carbons (Fsp3) is 0.571. The molecule has 1 atom stereocenters. The fourth-order valence-corrected chi connectivity index (χ4v) is 2.82. The molecule has 2 N–H and O–H groups in total. The Morgan fingerprint density at radius 2 is 1.84 bits per heavy atom. The number of nitrogens with one attached hydrogen (secondary N) is 1. The van der Waals surface area contributed by atoms with Crippen molar-refractivity contribution in [3.05, 3.63) is 29.8 Å². The van der Waals surface area contributed by atoms with Gasteiger partial charge < -0.3 is 5.11 Å². The summed E-state index contributed by atoms with van der Waals surface area (Å²) >= 11 is 0. The molecule has 0 saturated carbocycles. The second kappa shape index (κ2) is 7.62. The predicted molar refractivity (Wildman–Crippen MR) is 76.5 cm³/mol. The minimum absolute atomic E-state index is 0.258. The SMILES string of the molecule is CCCc1ccc(S(=O)(=O)NCCC(O)CC)cc1. The first kappa shape index (κ1) is 16.1. The summed E-state index contributed by atoms with van der Waals surface area (Å²) < 4.78 is 26.5. The van der Waals surface area contributed by atoms with E-state index in [0.717, 1.165) is 18.4 Å². The second-order valence-electron chi connectivity index (χ2n) is 4.64. The molecule has 0 fully saturated rings. The van der Waals surface area contributed by atoms with Gasteiger partial charge in [-0.25, -0.2) is 13.1 Å². The summed E-state index contributed by atoms with van der Waals surface area (Å²) in [6, 6.07) is 6.95. The van der Waals surface area contributed by atoms with Crippen LogP contribution in [-0.4, -0.2) is 26.2 Å². The average Bonchev–Trinajstić information content (AvgIpc) is 2.39. The topological polar surface area (TPSA) is 66.4 Å². The zero-order chi connectivity index (χ0) is 14.3. The maximum atomic E-state index is 12.0. The van der Waals surface area contributed by atoms with Gasteiger partial charge in [0, 0.05) is 6.54 Å². The normalized spacial score (nSPS) is 13.4. The van der Waals surface area contributed by atoms with E-state index in [1.807, 2.05) is 19.1 Å². The van der Waals surface area contributed by atoms with E-state index in [1.54, 1.807) is 12.1 Å². The Morgan fingerprint density at radius 1 is 1.21 bits per heavy atom. The van der Waals surface area contributed by atoms with Crippen LogP contribution in [0.3, 0.4) is 0 Å². The summed E-state index contributed by atoms with van der Waals surface area (Å²) in [6.07, 6.45) is 2.61. The van der Waals surface area contributed by atoms with Gasteiger partial charge in [-0.1, -0.05) is 32.4 Å². The number of sulfonamides is 1. The Bertz CT molecular complexity index is 468. The number of aliphatic hydroxyl groups is 1. The molecule has 1 aromatic carbocycles. The highest BCUT2D eigenvalue weighted by atomic mass is 32.2. The van der Waals surface area contributed by atoms with E-state index in [-0.39, 0.29) is 11.4 Å². The van der Waals surface area contributed by atoms with Gasteiger partial charge in [-0.2, -0.15) is 0 Å². The minimum atomic E-state index is -3.46. The molecular weight excluding hydrogens is 262 g/mol. The predicted octanol–water partition coefficient (Wildman–Crippen LogP) is 2.08. The van der Waals surface area contributed by atoms with Gasteiger partial charge in [0.05, 0.1) is 11.0 Å². The van der Waals surface area contributed by atoms with Gasteiger partial charge in [0.2, 0.25) is 10.0 Å². The standard InChI is InChI=1S/C14H23NO3S/c1-3-5-12-6-8-14(9-7-12)19(17,18)15-11-10-13(16)4-2/h6-9,13,15-16H,3-5,10-11H2,1-2H3. The van der Waals surface area contributed by atoms with Crippen molar-refractivity contribution in [2.75, 3.05) is 6.54 Å². The minimum Gasteiger partial charge on any atom is -0.393 e. The van der Waals surface area contributed by atoms with Crippen molar-refractivity contribution in [1.82, 2.24) is 4.72 Å². The Hall–Kier alpha value is -0.910. The van der Waals surface area contributed by atoms with Crippen molar-refractivity contribution in [1.29, 1.82) is 0 Å². The summed E-state index contributed by atoms with van der Waals surface area (Å²) in [7, 11) is -3.46. The zero-order valence-electron chi connectivity index (χ0n) is 11.6. The fourth-order valence-electron chi connectivity index (χ4n) is 1.77. The van der Waals surface area contributed by atoms with Crippen LogP contribution in [0.15, 0.2) is 29.2 Å². The summed E-state index contributed by atoms with van der Waals surface area (Å²) in [5, 5.41) is 9.39. The highest BCUT2D eigenvalue weighted by Crippen LogP contribution is 2.12. The average molecular weight is 285 g/mol. The van der Waals surface area contributed by atoms with Crippen LogP contribution in [0.4, 0.5) is 0 Å². The molecule has 0 aliphatic heterocycles. The molecule has 19 heavy (non-hydrogen) atoms. The Kier molecular flexibility index (Phi) is 6.48. The quantitative estimate of drug-likeness (QED) is 0.768. The van der Waals surface area contributed by atoms with Gasteiger partial charge in [0.1, 0.15) is 0 Å². The molecule has 5 heteroatoms. The maximum absolute atomic E-state index is 12.0. The monoisotopic (exact) mass is 285 g/mol. The molecule has 0 radical (unpaired) electrons. The number of hydrogen-bond acceptors (Lipinski definition) is 3. The molecule has 4 nitrogen and oxygen atoms in total. The second-order valence-corrected chi connectivity index (χ2v) is 6.41. The smallest absolute Gasteiger partial charge is 0.240 e. The molecule has 1 unspecified atom stereocenters. The van der Waals surface area contributed by atoms with Crippen LogP contribution in [-0.2, 0) is 16.4 Å². The van der Waals surface area contributed by atoms with Crippen molar-refractivity contribution in [3.63, 3.8) is 0 Å². The summed E-state index contributed by atoms with van der Waals surface area (Å²) in [5.41, 5.74) is 1.14. The number of hydrogen-bond donors (Lipinski definition) is 2. The van der Waals surface area contributed by atoms with Crippen molar-refractivity contribution in [2.45, 2.75) is 50.5 Å². The molecule has 0 spiro atoms. The van der Waals surface area contributed by atoms with Crippen LogP contribution >= 0.6 is 0 Å². The Balaban J connectivity index is 2.61. The largest absolute Gasteiger partial charge is 0.393 e. The highest BCUT2D eigenvalue weighted by Gasteiger charge is 2.13. The summed E-state index contributed by atoms with van der Waals surface area (Å²) in [6.45, 7) is 4.21. The van der Waals surface area contributed by atoms with Crippen molar-refractivity contribution < 1.29 is 13.5 Å². The third kappa shape index (κ3) is 5.30. The lowest BCUT2D eigenvalue weighted by molar-refractivity contribution is 0.162. The van der Waals surface area contributed by atoms with E-state index in [4.69, 9.17) is 0 Å². The van der Waals surface area contributed by atoms with Crippen LogP contribution in [0.2, 0.25) is 0 Å². The van der Waals surface area contributed by atoms with Gasteiger partial charge >= 0.3 is 0 Å². The van der Waals surface area contributed by atoms with E-state index in [9.17, 15) is 13.5 Å². The van der Waals surface area contributed by atoms with E-state index in [2.05, 4.69) is 11.6 Å². The van der Waals surface area contributed by atoms with Gasteiger partial charge in [-0.3, -0.25) is 0 Å². The lowest BCUT2D eigenvalue weighted by Gasteiger charge is -2.10. The summed E-state index contributed by atoms with van der Waals surface area (Å²) in [4.78, 5) is 0.276. The number of aryl methyl sites for hydroxylation is 1.